The minimum Gasteiger partial charge on any atom is -0.545 e. The van der Waals surface area contributed by atoms with Crippen LogP contribution in [0.3, 0.4) is 0 Å². The maximum Gasteiger partial charge on any atom is 1.00 e. The summed E-state index contributed by atoms with van der Waals surface area (Å²) in [6.45, 7) is 5.72. The number of hydrogen-bond donors (Lipinski definition) is 5. The Morgan fingerprint density at radius 1 is 0.567 bits per heavy atom. The number of carboxylic acid groups (broad SMARTS) is 3. The number of carbonyl (C=O) groups is 3. The number of carbonyl (C=O) groups excluding carboxylic acids is 1. The van der Waals surface area contributed by atoms with Gasteiger partial charge in [0.2, 0.25) is 0 Å². The molecule has 0 aliphatic heterocycles. The van der Waals surface area contributed by atoms with E-state index >= 15 is 0 Å². The van der Waals surface area contributed by atoms with Gasteiger partial charge in [-0.25, -0.2) is 18.4 Å². The second-order valence-corrected chi connectivity index (χ2v) is 17.9. The molecule has 5 N–H and O–H groups in total. The van der Waals surface area contributed by atoms with Gasteiger partial charge in [-0.3, -0.25) is 0 Å². The van der Waals surface area contributed by atoms with Crippen molar-refractivity contribution in [2.45, 2.75) is 20.8 Å². The predicted molar refractivity (Wildman–Crippen MR) is 257 cm³/mol. The molecule has 0 unspecified atom stereocenters. The van der Waals surface area contributed by atoms with Crippen molar-refractivity contribution in [2.24, 2.45) is 0 Å². The van der Waals surface area contributed by atoms with Crippen molar-refractivity contribution in [1.29, 1.82) is 0 Å². The number of rotatable bonds is 9. The number of anilines is 6. The first-order valence-corrected chi connectivity index (χ1v) is 21.6. The van der Waals surface area contributed by atoms with Crippen LogP contribution in [0.5, 0.6) is 0 Å². The second kappa shape index (κ2) is 23.6. The van der Waals surface area contributed by atoms with Crippen molar-refractivity contribution in [1.82, 2.24) is 0 Å². The van der Waals surface area contributed by atoms with Crippen molar-refractivity contribution in [3.8, 4) is 0 Å². The van der Waals surface area contributed by atoms with E-state index in [0.717, 1.165) is 44.8 Å². The van der Waals surface area contributed by atoms with Crippen LogP contribution in [-0.4, -0.2) is 28.1 Å². The van der Waals surface area contributed by atoms with Gasteiger partial charge in [-0.05, 0) is 218 Å². The van der Waals surface area contributed by atoms with E-state index in [1.54, 1.807) is 43.3 Å². The van der Waals surface area contributed by atoms with Crippen LogP contribution < -0.4 is 50.6 Å². The smallest absolute Gasteiger partial charge is 0.545 e. The Hall–Kier alpha value is -2.76. The SMILES string of the molecule is Cc1cc(I)ccc1Nc1c(C(=O)O)cc(Br)c(F)c1F.Cc1cc(I)ccc1Nc1ccc(Cl)cc1C(=O)O.Cc1cc(I)ccc1Nc1ccc(Cl)cc1C(=O)[O-].[Na+]. The molecule has 0 atom stereocenters. The molecule has 0 radical (unpaired) electrons. The molecule has 0 fully saturated rings. The number of hydrogen-bond acceptors (Lipinski definition) is 7. The molecule has 6 aromatic carbocycles. The number of nitrogens with one attached hydrogen (secondary N) is 3. The number of benzene rings is 6. The average molecular weight is 1270 g/mol. The first-order valence-electron chi connectivity index (χ1n) is 16.8. The predicted octanol–water partition coefficient (Wildman–Crippen LogP) is 10.1. The van der Waals surface area contributed by atoms with Crippen molar-refractivity contribution >= 4 is 159 Å². The zero-order valence-electron chi connectivity index (χ0n) is 31.8. The molecule has 0 heterocycles. The topological polar surface area (TPSA) is 151 Å². The Kier molecular flexibility index (Phi) is 20.3. The molecule has 306 valence electrons. The third-order valence-electron chi connectivity index (χ3n) is 8.17. The maximum absolute atomic E-state index is 14.0. The van der Waals surface area contributed by atoms with Crippen LogP contribution in [0.2, 0.25) is 10.0 Å². The third kappa shape index (κ3) is 14.4. The van der Waals surface area contributed by atoms with Gasteiger partial charge in [0.1, 0.15) is 0 Å². The van der Waals surface area contributed by atoms with Crippen LogP contribution in [0.4, 0.5) is 42.9 Å². The van der Waals surface area contributed by atoms with E-state index in [0.29, 0.717) is 27.1 Å². The zero-order valence-corrected chi connectivity index (χ0v) is 43.4. The van der Waals surface area contributed by atoms with E-state index in [1.165, 1.54) is 12.1 Å². The number of aromatic carboxylic acids is 3. The van der Waals surface area contributed by atoms with Gasteiger partial charge in [-0.1, -0.05) is 23.2 Å². The van der Waals surface area contributed by atoms with Crippen molar-refractivity contribution in [2.75, 3.05) is 16.0 Å². The Morgan fingerprint density at radius 2 is 0.933 bits per heavy atom. The van der Waals surface area contributed by atoms with Crippen LogP contribution in [-0.2, 0) is 0 Å². The maximum atomic E-state index is 14.0. The van der Waals surface area contributed by atoms with Crippen molar-refractivity contribution in [3.05, 3.63) is 167 Å². The summed E-state index contributed by atoms with van der Waals surface area (Å²) in [5.41, 5.74) is 5.58. The fourth-order valence-electron chi connectivity index (χ4n) is 5.21. The largest absolute Gasteiger partial charge is 1.00 e. The van der Waals surface area contributed by atoms with Gasteiger partial charge in [-0.15, -0.1) is 0 Å². The molecule has 60 heavy (non-hydrogen) atoms. The standard InChI is InChI=1S/C14H9BrF2INO2.2C14H11ClINO2.Na/c1-6-4-7(18)2-3-10(6)19-13-8(14(20)21)5-9(15)11(16)12(13)17;2*1-8-6-10(16)3-5-12(8)17-13-4-2-9(15)7-11(13)14(18)19;/h2-5,19H,1H3,(H,20,21);2*2-7,17H,1H3,(H,18,19);/q;;;+1/p-1. The van der Waals surface area contributed by atoms with Gasteiger partial charge < -0.3 is 36.1 Å². The van der Waals surface area contributed by atoms with Crippen LogP contribution in [0, 0.1) is 43.1 Å². The molecule has 0 spiro atoms. The number of halogens is 8. The summed E-state index contributed by atoms with van der Waals surface area (Å²) in [6.07, 6.45) is 0. The molecule has 0 aliphatic rings. The molecule has 6 aromatic rings. The Morgan fingerprint density at radius 3 is 1.32 bits per heavy atom. The molecule has 18 heteroatoms. The van der Waals surface area contributed by atoms with Gasteiger partial charge in [0, 0.05) is 49.1 Å². The molecule has 0 bridgehead atoms. The Bertz CT molecular complexity index is 2480. The molecular formula is C42H30BrCl2F2I3N3NaO6. The molecule has 0 saturated heterocycles. The summed E-state index contributed by atoms with van der Waals surface area (Å²) in [5.74, 6) is -5.98. The van der Waals surface area contributed by atoms with Crippen LogP contribution >= 0.6 is 107 Å². The van der Waals surface area contributed by atoms with E-state index in [4.69, 9.17) is 28.3 Å². The van der Waals surface area contributed by atoms with Crippen molar-refractivity contribution in [3.63, 3.8) is 0 Å². The van der Waals surface area contributed by atoms with Gasteiger partial charge >= 0.3 is 41.5 Å². The molecule has 0 aliphatic carbocycles. The summed E-state index contributed by atoms with van der Waals surface area (Å²) in [6, 6.07) is 27.5. The summed E-state index contributed by atoms with van der Waals surface area (Å²) >= 11 is 21.0. The zero-order chi connectivity index (χ0) is 43.7. The van der Waals surface area contributed by atoms with E-state index < -0.39 is 35.2 Å². The summed E-state index contributed by atoms with van der Waals surface area (Å²) < 4.78 is 30.7. The molecule has 0 aromatic heterocycles. The Balaban J connectivity index is 0.000000239. The normalized spacial score (nSPS) is 10.2. The third-order valence-corrected chi connectivity index (χ3v) is 11.2. The first-order chi connectivity index (χ1) is 27.7. The molecule has 0 saturated carbocycles. The summed E-state index contributed by atoms with van der Waals surface area (Å²) in [4.78, 5) is 33.5. The summed E-state index contributed by atoms with van der Waals surface area (Å²) in [5, 5.41) is 39.1. The second-order valence-electron chi connectivity index (χ2n) is 12.4. The van der Waals surface area contributed by atoms with Crippen LogP contribution in [0.1, 0.15) is 47.8 Å². The molecule has 0 amide bonds. The van der Waals surface area contributed by atoms with Crippen LogP contribution in [0.15, 0.2) is 102 Å². The monoisotopic (exact) mass is 1260 g/mol. The van der Waals surface area contributed by atoms with E-state index in [9.17, 15) is 33.4 Å². The van der Waals surface area contributed by atoms with E-state index in [-0.39, 0.29) is 50.7 Å². The van der Waals surface area contributed by atoms with Gasteiger partial charge in [0.25, 0.3) is 0 Å². The van der Waals surface area contributed by atoms with Crippen LogP contribution in [0.25, 0.3) is 0 Å². The van der Waals surface area contributed by atoms with Gasteiger partial charge in [0.05, 0.1) is 32.9 Å². The fraction of sp³-hybridized carbons (Fsp3) is 0.0714. The van der Waals surface area contributed by atoms with Gasteiger partial charge in [-0.2, -0.15) is 0 Å². The summed E-state index contributed by atoms with van der Waals surface area (Å²) in [7, 11) is 0. The number of carboxylic acids is 3. The number of aryl methyl sites for hydroxylation is 3. The van der Waals surface area contributed by atoms with Crippen molar-refractivity contribution < 1.29 is 68.0 Å². The Labute approximate surface area is 425 Å². The molecule has 6 rings (SSSR count). The minimum absolute atomic E-state index is 0. The van der Waals surface area contributed by atoms with E-state index in [1.807, 2.05) is 56.3 Å². The quantitative estimate of drug-likeness (QED) is 0.0542. The first kappa shape index (κ1) is 51.6. The van der Waals surface area contributed by atoms with E-state index in [2.05, 4.69) is 99.7 Å². The average Bonchev–Trinajstić information content (AvgIpc) is 3.16. The minimum atomic E-state index is -1.35. The molecule has 9 nitrogen and oxygen atoms in total. The molecular weight excluding hydrogens is 1230 g/mol. The fourth-order valence-corrected chi connectivity index (χ4v) is 7.90. The van der Waals surface area contributed by atoms with Gasteiger partial charge in [0.15, 0.2) is 11.6 Å².